The molecule has 12 aromatic rings. The highest BCUT2D eigenvalue weighted by molar-refractivity contribution is 5.83. The van der Waals surface area contributed by atoms with E-state index in [0.29, 0.717) is 0 Å². The van der Waals surface area contributed by atoms with Crippen LogP contribution >= 0.6 is 0 Å². The van der Waals surface area contributed by atoms with Crippen LogP contribution in [0.5, 0.6) is 0 Å². The molecule has 0 heteroatoms. The smallest absolute Gasteiger partial charge is 0.00107 e. The Kier molecular flexibility index (Phi) is 49.7. The second-order valence-electron chi connectivity index (χ2n) is 26.7. The fraction of sp³-hybridized carbons (Fsp3) is 0.368. The Labute approximate surface area is 701 Å². The molecule has 0 aliphatic heterocycles. The lowest BCUT2D eigenvalue weighted by atomic mass is 9.99. The maximum Gasteiger partial charge on any atom is -0.00107 e. The van der Waals surface area contributed by atoms with Gasteiger partial charge in [-0.15, -0.1) is 0 Å². The number of aryl methyl sites for hydroxylation is 12. The van der Waals surface area contributed by atoms with Crippen molar-refractivity contribution in [2.24, 2.45) is 0 Å². The Bertz CT molecular complexity index is 4720. The van der Waals surface area contributed by atoms with Crippen LogP contribution in [0.25, 0.3) is 66.8 Å². The van der Waals surface area contributed by atoms with Gasteiger partial charge in [-0.25, -0.2) is 0 Å². The summed E-state index contributed by atoms with van der Waals surface area (Å²) in [6, 6.07) is 80.5. The van der Waals surface area contributed by atoms with Crippen molar-refractivity contribution in [3.8, 4) is 66.8 Å². The van der Waals surface area contributed by atoms with Gasteiger partial charge in [0, 0.05) is 0 Å². The van der Waals surface area contributed by atoms with Crippen LogP contribution in [0.2, 0.25) is 0 Å². The number of fused-ring (bicyclic) bond motifs is 18. The first kappa shape index (κ1) is 103. The molecule has 6 aliphatic rings. The maximum atomic E-state index is 2.31. The predicted molar refractivity (Wildman–Crippen MR) is 521 cm³/mol. The highest BCUT2D eigenvalue weighted by atomic mass is 14.3. The SMILES string of the molecule is CC.CC.CC.CC.CC.CC.CC.CC.CC.CC.CC.CC.Cc1ccc2c(c1)-c1cccc(C)c1C2.Cc1ccc2c(c1)Cc1c(C)cccc1-2.Cc1ccc2c(c1)Cc1cc(C)ccc1-2.Cc1ccc2c(c1)Cc1ccc(C)cc1-2.Cc1ccc2c(c1)Cc1cccc(C)c1-2.Cc1cccc2c1Cc1cccc(C)c1-2. The van der Waals surface area contributed by atoms with Crippen LogP contribution in [-0.2, 0) is 38.5 Å². The normalized spacial score (nSPS) is 10.4. The van der Waals surface area contributed by atoms with Crippen molar-refractivity contribution < 1.29 is 0 Å². The van der Waals surface area contributed by atoms with E-state index in [1.807, 2.05) is 166 Å². The van der Waals surface area contributed by atoms with E-state index >= 15 is 0 Å². The molecule has 0 saturated heterocycles. The molecule has 0 radical (unpaired) electrons. The second-order valence-corrected chi connectivity index (χ2v) is 26.7. The summed E-state index contributed by atoms with van der Waals surface area (Å²) < 4.78 is 0. The largest absolute Gasteiger partial charge is 0.0683 e. The monoisotopic (exact) mass is 1530 g/mol. The zero-order valence-electron chi connectivity index (χ0n) is 79.0. The first-order chi connectivity index (χ1) is 55.5. The average molecular weight is 1530 g/mol. The molecule has 12 aromatic carbocycles. The number of hydrogen-bond donors (Lipinski definition) is 0. The molecule has 0 saturated carbocycles. The zero-order valence-corrected chi connectivity index (χ0v) is 79.0. The van der Waals surface area contributed by atoms with E-state index in [0.717, 1.165) is 38.5 Å². The first-order valence-corrected chi connectivity index (χ1v) is 44.6. The molecule has 0 heterocycles. The molecule has 0 nitrogen and oxygen atoms in total. The average Bonchev–Trinajstić information content (AvgIpc) is 1.49. The van der Waals surface area contributed by atoms with E-state index in [9.17, 15) is 0 Å². The van der Waals surface area contributed by atoms with Crippen molar-refractivity contribution >= 4 is 0 Å². The quantitative estimate of drug-likeness (QED) is 0.142. The van der Waals surface area contributed by atoms with Crippen molar-refractivity contribution in [2.75, 3.05) is 0 Å². The van der Waals surface area contributed by atoms with Gasteiger partial charge in [-0.05, 0) is 283 Å². The van der Waals surface area contributed by atoms with E-state index in [-0.39, 0.29) is 0 Å². The predicted octanol–water partition coefficient (Wildman–Crippen LogP) is 35.6. The van der Waals surface area contributed by atoms with E-state index in [1.165, 1.54) is 200 Å². The van der Waals surface area contributed by atoms with Gasteiger partial charge in [-0.1, -0.05) is 424 Å². The van der Waals surface area contributed by atoms with E-state index in [4.69, 9.17) is 0 Å². The number of hydrogen-bond acceptors (Lipinski definition) is 0. The van der Waals surface area contributed by atoms with Crippen LogP contribution in [0.15, 0.2) is 218 Å². The Morgan fingerprint density at radius 3 is 0.737 bits per heavy atom. The third kappa shape index (κ3) is 26.6. The van der Waals surface area contributed by atoms with Gasteiger partial charge >= 0.3 is 0 Å². The highest BCUT2D eigenvalue weighted by Crippen LogP contribution is 2.44. The first-order valence-electron chi connectivity index (χ1n) is 44.6. The molecule has 0 spiro atoms. The lowest BCUT2D eigenvalue weighted by Crippen LogP contribution is -1.84. The van der Waals surface area contributed by atoms with Crippen LogP contribution in [0.1, 0.15) is 300 Å². The number of benzene rings is 12. The van der Waals surface area contributed by atoms with Crippen molar-refractivity contribution in [1.82, 2.24) is 0 Å². The van der Waals surface area contributed by atoms with Crippen molar-refractivity contribution in [1.29, 1.82) is 0 Å². The summed E-state index contributed by atoms with van der Waals surface area (Å²) in [4.78, 5) is 0. The second kappa shape index (κ2) is 55.2. The van der Waals surface area contributed by atoms with Gasteiger partial charge in [0.2, 0.25) is 0 Å². The van der Waals surface area contributed by atoms with Crippen LogP contribution in [-0.4, -0.2) is 0 Å². The summed E-state index contributed by atoms with van der Waals surface area (Å²) in [5.74, 6) is 0. The Morgan fingerprint density at radius 1 is 0.140 bits per heavy atom. The molecule has 612 valence electrons. The molecule has 0 aromatic heterocycles. The lowest BCUT2D eigenvalue weighted by molar-refractivity contribution is 1.21. The number of rotatable bonds is 0. The van der Waals surface area contributed by atoms with Crippen molar-refractivity contribution in [3.05, 3.63) is 352 Å². The molecular weight excluding hydrogens is 1370 g/mol. The Hall–Kier alpha value is -9.36. The highest BCUT2D eigenvalue weighted by Gasteiger charge is 2.25. The molecule has 6 aliphatic carbocycles. The van der Waals surface area contributed by atoms with Gasteiger partial charge < -0.3 is 0 Å². The molecule has 0 N–H and O–H groups in total. The molecular formula is C114H156. The molecule has 114 heavy (non-hydrogen) atoms. The van der Waals surface area contributed by atoms with Crippen molar-refractivity contribution in [2.45, 2.75) is 288 Å². The zero-order chi connectivity index (χ0) is 86.5. The fourth-order valence-electron chi connectivity index (χ4n) is 15.1. The van der Waals surface area contributed by atoms with Gasteiger partial charge in [-0.3, -0.25) is 0 Å². The van der Waals surface area contributed by atoms with Gasteiger partial charge in [0.15, 0.2) is 0 Å². The van der Waals surface area contributed by atoms with E-state index in [1.54, 1.807) is 0 Å². The summed E-state index contributed by atoms with van der Waals surface area (Å²) in [7, 11) is 0. The third-order valence-electron chi connectivity index (χ3n) is 19.7. The minimum absolute atomic E-state index is 1.10. The third-order valence-corrected chi connectivity index (χ3v) is 19.7. The fourth-order valence-corrected chi connectivity index (χ4v) is 15.1. The molecule has 0 fully saturated rings. The van der Waals surface area contributed by atoms with Gasteiger partial charge in [0.25, 0.3) is 0 Å². The summed E-state index contributed by atoms with van der Waals surface area (Å²) >= 11 is 0. The van der Waals surface area contributed by atoms with Gasteiger partial charge in [0.05, 0.1) is 0 Å². The summed E-state index contributed by atoms with van der Waals surface area (Å²) in [6.45, 7) is 74.2. The maximum absolute atomic E-state index is 2.31. The topological polar surface area (TPSA) is 0 Å². The van der Waals surface area contributed by atoms with Crippen LogP contribution in [0.4, 0.5) is 0 Å². The van der Waals surface area contributed by atoms with Crippen molar-refractivity contribution in [3.63, 3.8) is 0 Å². The van der Waals surface area contributed by atoms with Gasteiger partial charge in [-0.2, -0.15) is 0 Å². The summed E-state index contributed by atoms with van der Waals surface area (Å²) in [5, 5.41) is 0. The minimum atomic E-state index is 1.10. The standard InChI is InChI=1S/6C15H14.12C2H6/c1-10-5-4-8-13-14(10)9-12-7-3-6-11(2)15(12)13;1-10-4-6-14-13(7-10)9-12-5-3-11(2)8-15(12)14;1-10-3-5-14-12(7-10)9-13-8-11(2)4-6-15(13)14;1-10-6-7-13-12(8-10)9-15-11(2)4-3-5-14(13)15;1-10-6-7-12-9-14-11(2)4-3-5-13(14)15(12)8-10;1-10-6-7-14-13(8-10)9-12-5-3-4-11(2)15(12)14;12*1-2/h6*3-8H,9H2,1-2H3;12*1-2H3. The lowest BCUT2D eigenvalue weighted by Gasteiger charge is -2.05. The molecule has 0 bridgehead atoms. The summed E-state index contributed by atoms with van der Waals surface area (Å²) in [6.07, 6.45) is 6.64. The molecule has 18 rings (SSSR count). The van der Waals surface area contributed by atoms with Crippen LogP contribution < -0.4 is 0 Å². The minimum Gasteiger partial charge on any atom is -0.0683 e. The Morgan fingerprint density at radius 2 is 0.351 bits per heavy atom. The molecule has 0 amide bonds. The molecule has 0 unspecified atom stereocenters. The van der Waals surface area contributed by atoms with Crippen LogP contribution in [0.3, 0.4) is 0 Å². The Balaban J connectivity index is 0.000000648. The summed E-state index contributed by atoms with van der Waals surface area (Å²) in [5.41, 5.74) is 51.7. The van der Waals surface area contributed by atoms with E-state index < -0.39 is 0 Å². The van der Waals surface area contributed by atoms with Gasteiger partial charge in [0.1, 0.15) is 0 Å². The molecule has 0 atom stereocenters. The van der Waals surface area contributed by atoms with E-state index in [2.05, 4.69) is 301 Å². The van der Waals surface area contributed by atoms with Crippen LogP contribution in [0, 0.1) is 83.1 Å².